The van der Waals surface area contributed by atoms with Crippen LogP contribution in [0.4, 0.5) is 0 Å². The van der Waals surface area contributed by atoms with Gasteiger partial charge in [0.1, 0.15) is 11.3 Å². The highest BCUT2D eigenvalue weighted by molar-refractivity contribution is 7.89. The zero-order chi connectivity index (χ0) is 21.7. The van der Waals surface area contributed by atoms with Crippen LogP contribution in [-0.2, 0) is 15.6 Å². The second kappa shape index (κ2) is 9.00. The van der Waals surface area contributed by atoms with Gasteiger partial charge in [0.25, 0.3) is 11.8 Å². The van der Waals surface area contributed by atoms with Gasteiger partial charge in [0.2, 0.25) is 0 Å². The van der Waals surface area contributed by atoms with Crippen molar-refractivity contribution in [1.82, 2.24) is 10.6 Å². The molecule has 8 nitrogen and oxygen atoms in total. The third kappa shape index (κ3) is 5.18. The summed E-state index contributed by atoms with van der Waals surface area (Å²) in [6.07, 6.45) is 1.10. The monoisotopic (exact) mass is 430 g/mol. The lowest BCUT2D eigenvalue weighted by Gasteiger charge is -2.08. The van der Waals surface area contributed by atoms with Crippen molar-refractivity contribution in [3.8, 4) is 5.75 Å². The molecule has 0 spiro atoms. The van der Waals surface area contributed by atoms with Crippen LogP contribution in [0.15, 0.2) is 52.9 Å². The Morgan fingerprint density at radius 1 is 0.967 bits per heavy atom. The average Bonchev–Trinajstić information content (AvgIpc) is 3.08. The molecule has 0 aliphatic heterocycles. The highest BCUT2D eigenvalue weighted by Crippen LogP contribution is 2.27. The number of rotatable bonds is 8. The van der Waals surface area contributed by atoms with Crippen LogP contribution >= 0.6 is 0 Å². The van der Waals surface area contributed by atoms with E-state index in [2.05, 4.69) is 10.6 Å². The van der Waals surface area contributed by atoms with E-state index in [0.29, 0.717) is 27.8 Å². The van der Waals surface area contributed by atoms with E-state index in [1.165, 1.54) is 0 Å². The third-order valence-electron chi connectivity index (χ3n) is 4.36. The number of ether oxygens (including phenoxy) is 1. The number of fused-ring (bicyclic) bond motifs is 1. The number of methoxy groups -OCH3 is 1. The minimum atomic E-state index is -3.37. The number of carbonyl (C=O) groups excluding carboxylic acids is 2. The summed E-state index contributed by atoms with van der Waals surface area (Å²) in [5.41, 5.74) is 1.23. The van der Waals surface area contributed by atoms with Crippen molar-refractivity contribution in [2.75, 3.05) is 26.5 Å². The molecule has 3 rings (SSSR count). The molecule has 0 unspecified atom stereocenters. The standard InChI is InChI=1S/C21H22N2O6S/c1-28-15-9-7-14(8-10-15)20(24)22-11-12-23-21(25)19-17(13-30(2,26)27)16-5-3-4-6-18(16)29-19/h3-10H,11-13H2,1-2H3,(H,22,24)(H,23,25). The fourth-order valence-electron chi connectivity index (χ4n) is 2.96. The van der Waals surface area contributed by atoms with Gasteiger partial charge in [-0.05, 0) is 30.3 Å². The largest absolute Gasteiger partial charge is 0.497 e. The SMILES string of the molecule is COc1ccc(C(=O)NCCNC(=O)c2oc3ccccc3c2CS(C)(=O)=O)cc1. The topological polar surface area (TPSA) is 115 Å². The second-order valence-corrected chi connectivity index (χ2v) is 8.86. The number of sulfone groups is 1. The fourth-order valence-corrected chi connectivity index (χ4v) is 3.78. The van der Waals surface area contributed by atoms with E-state index in [1.54, 1.807) is 55.6 Å². The third-order valence-corrected chi connectivity index (χ3v) is 5.17. The number of amides is 2. The summed E-state index contributed by atoms with van der Waals surface area (Å²) >= 11 is 0. The summed E-state index contributed by atoms with van der Waals surface area (Å²) in [6.45, 7) is 0.342. The Kier molecular flexibility index (Phi) is 6.41. The molecule has 0 aliphatic rings. The van der Waals surface area contributed by atoms with Crippen molar-refractivity contribution in [3.05, 3.63) is 65.4 Å². The van der Waals surface area contributed by atoms with E-state index >= 15 is 0 Å². The van der Waals surface area contributed by atoms with Gasteiger partial charge < -0.3 is 19.8 Å². The van der Waals surface area contributed by atoms with Crippen LogP contribution in [0.2, 0.25) is 0 Å². The number of hydrogen-bond donors (Lipinski definition) is 2. The maximum Gasteiger partial charge on any atom is 0.287 e. The molecule has 1 heterocycles. The number of furan rings is 1. The van der Waals surface area contributed by atoms with Gasteiger partial charge >= 0.3 is 0 Å². The van der Waals surface area contributed by atoms with Crippen molar-refractivity contribution in [1.29, 1.82) is 0 Å². The molecular formula is C21H22N2O6S. The molecule has 0 saturated carbocycles. The summed E-state index contributed by atoms with van der Waals surface area (Å²) in [5, 5.41) is 5.93. The molecule has 0 aliphatic carbocycles. The molecule has 0 fully saturated rings. The molecule has 158 valence electrons. The molecule has 0 saturated heterocycles. The smallest absolute Gasteiger partial charge is 0.287 e. The average molecular weight is 430 g/mol. The Labute approximate surface area is 174 Å². The van der Waals surface area contributed by atoms with E-state index in [0.717, 1.165) is 6.26 Å². The molecule has 0 atom stereocenters. The molecule has 0 bridgehead atoms. The summed E-state index contributed by atoms with van der Waals surface area (Å²) in [6, 6.07) is 13.5. The lowest BCUT2D eigenvalue weighted by molar-refractivity contribution is 0.0911. The Morgan fingerprint density at radius 2 is 1.60 bits per heavy atom. The first-order valence-electron chi connectivity index (χ1n) is 9.17. The lowest BCUT2D eigenvalue weighted by atomic mass is 10.1. The first-order chi connectivity index (χ1) is 14.3. The molecule has 2 aromatic carbocycles. The van der Waals surface area contributed by atoms with Gasteiger partial charge in [0.05, 0.1) is 12.9 Å². The Hall–Kier alpha value is -3.33. The maximum absolute atomic E-state index is 12.6. The zero-order valence-corrected chi connectivity index (χ0v) is 17.4. The van der Waals surface area contributed by atoms with Gasteiger partial charge in [-0.15, -0.1) is 0 Å². The summed E-state index contributed by atoms with van der Waals surface area (Å²) in [4.78, 5) is 24.7. The van der Waals surface area contributed by atoms with Crippen molar-refractivity contribution in [3.63, 3.8) is 0 Å². The number of nitrogens with one attached hydrogen (secondary N) is 2. The molecular weight excluding hydrogens is 408 g/mol. The van der Waals surface area contributed by atoms with Gasteiger partial charge in [-0.2, -0.15) is 0 Å². The predicted octanol–water partition coefficient (Wildman–Crippen LogP) is 2.15. The molecule has 30 heavy (non-hydrogen) atoms. The van der Waals surface area contributed by atoms with Crippen molar-refractivity contribution in [2.45, 2.75) is 5.75 Å². The minimum absolute atomic E-state index is 0.0388. The Morgan fingerprint density at radius 3 is 2.23 bits per heavy atom. The van der Waals surface area contributed by atoms with Crippen LogP contribution in [0, 0.1) is 0 Å². The van der Waals surface area contributed by atoms with Crippen molar-refractivity contribution < 1.29 is 27.2 Å². The zero-order valence-electron chi connectivity index (χ0n) is 16.6. The van der Waals surface area contributed by atoms with Crippen LogP contribution in [0.25, 0.3) is 11.0 Å². The first-order valence-corrected chi connectivity index (χ1v) is 11.2. The van der Waals surface area contributed by atoms with Crippen LogP contribution < -0.4 is 15.4 Å². The van der Waals surface area contributed by atoms with E-state index < -0.39 is 15.7 Å². The van der Waals surface area contributed by atoms with Gasteiger partial charge in [-0.3, -0.25) is 9.59 Å². The van der Waals surface area contributed by atoms with Crippen LogP contribution in [0.3, 0.4) is 0 Å². The molecule has 2 N–H and O–H groups in total. The highest BCUT2D eigenvalue weighted by atomic mass is 32.2. The summed E-state index contributed by atoms with van der Waals surface area (Å²) in [5.74, 6) is -0.518. The van der Waals surface area contributed by atoms with E-state index in [-0.39, 0.29) is 30.5 Å². The fraction of sp³-hybridized carbons (Fsp3) is 0.238. The van der Waals surface area contributed by atoms with Crippen LogP contribution in [0.5, 0.6) is 5.75 Å². The maximum atomic E-state index is 12.6. The van der Waals surface area contributed by atoms with E-state index in [9.17, 15) is 18.0 Å². The Bertz CT molecular complexity index is 1170. The summed E-state index contributed by atoms with van der Waals surface area (Å²) in [7, 11) is -1.83. The van der Waals surface area contributed by atoms with Gasteiger partial charge in [-0.25, -0.2) is 8.42 Å². The van der Waals surface area contributed by atoms with Crippen molar-refractivity contribution >= 4 is 32.6 Å². The quantitative estimate of drug-likeness (QED) is 0.529. The van der Waals surface area contributed by atoms with Gasteiger partial charge in [-0.1, -0.05) is 18.2 Å². The van der Waals surface area contributed by atoms with Crippen LogP contribution in [0.1, 0.15) is 26.5 Å². The molecule has 9 heteroatoms. The molecule has 1 aromatic heterocycles. The molecule has 3 aromatic rings. The molecule has 2 amide bonds. The molecule has 0 radical (unpaired) electrons. The van der Waals surface area contributed by atoms with Gasteiger partial charge in [0, 0.05) is 35.9 Å². The van der Waals surface area contributed by atoms with E-state index in [1.807, 2.05) is 0 Å². The second-order valence-electron chi connectivity index (χ2n) is 6.72. The highest BCUT2D eigenvalue weighted by Gasteiger charge is 2.23. The van der Waals surface area contributed by atoms with Crippen LogP contribution in [-0.4, -0.2) is 46.7 Å². The summed E-state index contributed by atoms with van der Waals surface area (Å²) < 4.78 is 34.2. The predicted molar refractivity (Wildman–Crippen MR) is 112 cm³/mol. The number of para-hydroxylation sites is 1. The first kappa shape index (κ1) is 21.4. The van der Waals surface area contributed by atoms with E-state index in [4.69, 9.17) is 9.15 Å². The minimum Gasteiger partial charge on any atom is -0.497 e. The van der Waals surface area contributed by atoms with Gasteiger partial charge in [0.15, 0.2) is 15.6 Å². The number of carbonyl (C=O) groups is 2. The van der Waals surface area contributed by atoms with Crippen molar-refractivity contribution in [2.24, 2.45) is 0 Å². The normalized spacial score (nSPS) is 11.3. The lowest BCUT2D eigenvalue weighted by Crippen LogP contribution is -2.34. The number of hydrogen-bond acceptors (Lipinski definition) is 6. The number of benzene rings is 2. The Balaban J connectivity index is 1.62.